The quantitative estimate of drug-likeness (QED) is 0.336. The summed E-state index contributed by atoms with van der Waals surface area (Å²) in [5, 5.41) is 0. The molecular formula is C2H8CuN2. The Labute approximate surface area is 43.4 Å². The molecule has 3 heteroatoms. The molecule has 0 amide bonds. The molecule has 0 aliphatic carbocycles. The Kier molecular flexibility index (Phi) is 980. The van der Waals surface area contributed by atoms with E-state index in [1.807, 2.05) is 0 Å². The number of rotatable bonds is 0. The van der Waals surface area contributed by atoms with E-state index in [2.05, 4.69) is 25.6 Å². The van der Waals surface area contributed by atoms with Gasteiger partial charge in [0, 0.05) is 0 Å². The molecule has 0 aromatic rings. The van der Waals surface area contributed by atoms with Crippen LogP contribution in [0.3, 0.4) is 0 Å². The van der Waals surface area contributed by atoms with Gasteiger partial charge in [-0.05, 0) is 0 Å². The fourth-order valence-corrected chi connectivity index (χ4v) is 0. The van der Waals surface area contributed by atoms with Crippen molar-refractivity contribution in [2.24, 2.45) is 11.5 Å². The first-order valence-electron chi connectivity index (χ1n) is 0.816. The third-order valence-corrected chi connectivity index (χ3v) is 0. The van der Waals surface area contributed by atoms with E-state index in [1.54, 1.807) is 0 Å². The second kappa shape index (κ2) is 272. The van der Waals surface area contributed by atoms with E-state index in [-0.39, 0.29) is 17.1 Å². The summed E-state index contributed by atoms with van der Waals surface area (Å²) in [6.07, 6.45) is 0. The molecule has 0 bridgehead atoms. The average molecular weight is 124 g/mol. The molecule has 0 heterocycles. The van der Waals surface area contributed by atoms with E-state index >= 15 is 0 Å². The molecule has 0 unspecified atom stereocenters. The summed E-state index contributed by atoms with van der Waals surface area (Å²) >= 11 is 0. The van der Waals surface area contributed by atoms with Gasteiger partial charge in [-0.25, -0.2) is 0 Å². The molecule has 0 fully saturated rings. The third kappa shape index (κ3) is 137. The van der Waals surface area contributed by atoms with E-state index in [4.69, 9.17) is 0 Å². The smallest absolute Gasteiger partial charge is 0.486 e. The van der Waals surface area contributed by atoms with E-state index in [0.29, 0.717) is 0 Å². The molecule has 4 N–H and O–H groups in total. The molecule has 0 spiro atoms. The summed E-state index contributed by atoms with van der Waals surface area (Å²) in [6, 6.07) is 0. The summed E-state index contributed by atoms with van der Waals surface area (Å²) in [6.45, 7) is 0. The van der Waals surface area contributed by atoms with Gasteiger partial charge in [0.1, 0.15) is 0 Å². The van der Waals surface area contributed by atoms with Crippen LogP contribution < -0.4 is 11.5 Å². The van der Waals surface area contributed by atoms with Crippen molar-refractivity contribution in [3.8, 4) is 0 Å². The normalized spacial score (nSPS) is 2.40. The van der Waals surface area contributed by atoms with Crippen LogP contribution in [0.1, 0.15) is 0 Å². The Hall–Kier alpha value is 0.439. The zero-order valence-corrected chi connectivity index (χ0v) is 3.81. The van der Waals surface area contributed by atoms with Crippen molar-refractivity contribution in [1.29, 1.82) is 0 Å². The number of hydrogen-bond acceptors (Lipinski definition) is 2. The van der Waals surface area contributed by atoms with Gasteiger partial charge < -0.3 is 11.5 Å². The summed E-state index contributed by atoms with van der Waals surface area (Å²) in [7, 11) is 5.50. The minimum Gasteiger partial charge on any atom is -0.486 e. The van der Waals surface area contributed by atoms with Gasteiger partial charge in [0.2, 0.25) is 0 Å². The van der Waals surface area contributed by atoms with Gasteiger partial charge in [0.25, 0.3) is 0 Å². The zero-order valence-electron chi connectivity index (χ0n) is 2.87. The molecular weight excluding hydrogens is 116 g/mol. The van der Waals surface area contributed by atoms with E-state index < -0.39 is 0 Å². The van der Waals surface area contributed by atoms with Gasteiger partial charge in [-0.2, -0.15) is 0 Å². The molecule has 1 radical (unpaired) electrons. The SMILES string of the molecule is [CH2-]N.[CH2-]N.[Cu+2]. The molecule has 0 atom stereocenters. The summed E-state index contributed by atoms with van der Waals surface area (Å²) in [5.41, 5.74) is 8.50. The van der Waals surface area contributed by atoms with Crippen LogP contribution in [0.4, 0.5) is 0 Å². The first kappa shape index (κ1) is 18.0. The van der Waals surface area contributed by atoms with Crippen molar-refractivity contribution in [1.82, 2.24) is 0 Å². The maximum atomic E-state index is 4.25. The monoisotopic (exact) mass is 123 g/mol. The molecule has 0 aliphatic heterocycles. The minimum atomic E-state index is 0. The Balaban J connectivity index is -0.0000000133. The second-order valence-corrected chi connectivity index (χ2v) is 0. The van der Waals surface area contributed by atoms with Gasteiger partial charge in [-0.15, -0.1) is 0 Å². The standard InChI is InChI=1S/2CH4N.Cu/c2*1-2;/h2*1-2H2;/q2*-1;+2. The van der Waals surface area contributed by atoms with Crippen molar-refractivity contribution in [3.05, 3.63) is 14.1 Å². The summed E-state index contributed by atoms with van der Waals surface area (Å²) in [5.74, 6) is 0. The van der Waals surface area contributed by atoms with Crippen molar-refractivity contribution in [2.75, 3.05) is 0 Å². The summed E-state index contributed by atoms with van der Waals surface area (Å²) in [4.78, 5) is 0. The van der Waals surface area contributed by atoms with Gasteiger partial charge in [-0.1, -0.05) is 0 Å². The zero-order chi connectivity index (χ0) is 4.00. The molecule has 5 heavy (non-hydrogen) atoms. The fraction of sp³-hybridized carbons (Fsp3) is 0. The Morgan fingerprint density at radius 1 is 0.800 bits per heavy atom. The molecule has 0 rings (SSSR count). The average Bonchev–Trinajstić information content (AvgIpc) is 1.50. The maximum Gasteiger partial charge on any atom is 2.00 e. The van der Waals surface area contributed by atoms with Crippen LogP contribution in [0.25, 0.3) is 0 Å². The first-order valence-corrected chi connectivity index (χ1v) is 0.816. The van der Waals surface area contributed by atoms with Gasteiger partial charge in [0.15, 0.2) is 0 Å². The molecule has 0 saturated heterocycles. The van der Waals surface area contributed by atoms with Crippen LogP contribution in [-0.2, 0) is 17.1 Å². The third-order valence-electron chi connectivity index (χ3n) is 0. The van der Waals surface area contributed by atoms with Crippen molar-refractivity contribution >= 4 is 0 Å². The molecule has 0 saturated carbocycles. The van der Waals surface area contributed by atoms with Gasteiger partial charge in [-0.3, -0.25) is 14.1 Å². The van der Waals surface area contributed by atoms with E-state index in [1.165, 1.54) is 0 Å². The van der Waals surface area contributed by atoms with Crippen molar-refractivity contribution < 1.29 is 17.1 Å². The predicted molar refractivity (Wildman–Crippen MR) is 19.1 cm³/mol. The van der Waals surface area contributed by atoms with Crippen LogP contribution in [0.15, 0.2) is 0 Å². The van der Waals surface area contributed by atoms with Gasteiger partial charge in [0.05, 0.1) is 0 Å². The fourth-order valence-electron chi connectivity index (χ4n) is 0. The Morgan fingerprint density at radius 2 is 0.800 bits per heavy atom. The van der Waals surface area contributed by atoms with Crippen LogP contribution >= 0.6 is 0 Å². The molecule has 0 aliphatic rings. The Morgan fingerprint density at radius 3 is 0.800 bits per heavy atom. The largest absolute Gasteiger partial charge is 2.00 e. The van der Waals surface area contributed by atoms with Crippen LogP contribution in [0.5, 0.6) is 0 Å². The first-order chi connectivity index (χ1) is 2.00. The Bertz CT molecular complexity index is 7.61. The molecule has 0 aromatic heterocycles. The maximum absolute atomic E-state index is 4.25. The molecule has 2 nitrogen and oxygen atoms in total. The topological polar surface area (TPSA) is 52.0 Å². The van der Waals surface area contributed by atoms with Crippen LogP contribution in [0.2, 0.25) is 0 Å². The van der Waals surface area contributed by atoms with Crippen LogP contribution in [0, 0.1) is 14.1 Å². The van der Waals surface area contributed by atoms with Crippen molar-refractivity contribution in [2.45, 2.75) is 0 Å². The van der Waals surface area contributed by atoms with Crippen LogP contribution in [-0.4, -0.2) is 0 Å². The number of hydrogen-bond donors (Lipinski definition) is 2. The second-order valence-electron chi connectivity index (χ2n) is 0. The van der Waals surface area contributed by atoms with Gasteiger partial charge >= 0.3 is 17.1 Å². The minimum absolute atomic E-state index is 0. The molecule has 0 aromatic carbocycles. The predicted octanol–water partition coefficient (Wildman–Crippen LogP) is -0.529. The summed E-state index contributed by atoms with van der Waals surface area (Å²) < 4.78 is 0. The van der Waals surface area contributed by atoms with Crippen molar-refractivity contribution in [3.63, 3.8) is 0 Å². The number of nitrogens with two attached hydrogens (primary N) is 2. The molecule has 37 valence electrons. The van der Waals surface area contributed by atoms with E-state index in [0.717, 1.165) is 0 Å². The van der Waals surface area contributed by atoms with E-state index in [9.17, 15) is 0 Å².